The third kappa shape index (κ3) is 5.01. The number of carbonyl (C=O) groups is 2. The summed E-state index contributed by atoms with van der Waals surface area (Å²) < 4.78 is 13.2. The molecule has 0 radical (unpaired) electrons. The van der Waals surface area contributed by atoms with Gasteiger partial charge in [-0.25, -0.2) is 0 Å². The standard InChI is InChI=1S/C28H32N2O4/c1-4-16-34-26-10-6-9-24-23(26)17-25(30(24)18-21-13-11-20(3)12-14-21)27(31)29-15-7-8-22(19-29)28(32)33-5-2/h4,6,9-14,17,22H,1,5,7-8,15-16,18-19H2,2-3H3/t22-/m0/s1. The van der Waals surface area contributed by atoms with Gasteiger partial charge in [0.25, 0.3) is 5.91 Å². The van der Waals surface area contributed by atoms with Crippen LogP contribution in [0.2, 0.25) is 0 Å². The zero-order valence-corrected chi connectivity index (χ0v) is 20.0. The number of fused-ring (bicyclic) bond motifs is 1. The fourth-order valence-corrected chi connectivity index (χ4v) is 4.53. The van der Waals surface area contributed by atoms with E-state index < -0.39 is 0 Å². The number of nitrogens with zero attached hydrogens (tertiary/aromatic N) is 2. The van der Waals surface area contributed by atoms with Crippen LogP contribution in [0.3, 0.4) is 0 Å². The minimum absolute atomic E-state index is 0.0769. The molecule has 1 aliphatic rings. The van der Waals surface area contributed by atoms with E-state index in [-0.39, 0.29) is 17.8 Å². The Morgan fingerprint density at radius 1 is 1.18 bits per heavy atom. The number of benzene rings is 2. The van der Waals surface area contributed by atoms with Crippen LogP contribution in [0.25, 0.3) is 10.9 Å². The van der Waals surface area contributed by atoms with E-state index in [1.165, 1.54) is 5.56 Å². The van der Waals surface area contributed by atoms with Crippen molar-refractivity contribution in [3.63, 3.8) is 0 Å². The lowest BCUT2D eigenvalue weighted by atomic mass is 9.98. The van der Waals surface area contributed by atoms with E-state index in [9.17, 15) is 9.59 Å². The maximum atomic E-state index is 13.8. The van der Waals surface area contributed by atoms with Crippen molar-refractivity contribution in [3.05, 3.63) is 78.0 Å². The van der Waals surface area contributed by atoms with E-state index in [0.717, 1.165) is 35.1 Å². The predicted octanol–water partition coefficient (Wildman–Crippen LogP) is 4.98. The molecule has 0 N–H and O–H groups in total. The predicted molar refractivity (Wildman–Crippen MR) is 133 cm³/mol. The fourth-order valence-electron chi connectivity index (χ4n) is 4.53. The van der Waals surface area contributed by atoms with E-state index in [1.54, 1.807) is 17.9 Å². The highest BCUT2D eigenvalue weighted by Crippen LogP contribution is 2.31. The first-order valence-electron chi connectivity index (χ1n) is 11.9. The maximum absolute atomic E-state index is 13.8. The average molecular weight is 461 g/mol. The van der Waals surface area contributed by atoms with Crippen LogP contribution in [0.15, 0.2) is 61.2 Å². The summed E-state index contributed by atoms with van der Waals surface area (Å²) in [7, 11) is 0. The Kier molecular flexibility index (Phi) is 7.36. The molecule has 1 fully saturated rings. The number of rotatable bonds is 8. The monoisotopic (exact) mass is 460 g/mol. The number of carbonyl (C=O) groups excluding carboxylic acids is 2. The highest BCUT2D eigenvalue weighted by molar-refractivity contribution is 6.00. The number of piperidine rings is 1. The highest BCUT2D eigenvalue weighted by Gasteiger charge is 2.31. The Morgan fingerprint density at radius 3 is 2.71 bits per heavy atom. The number of amides is 1. The van der Waals surface area contributed by atoms with Crippen LogP contribution in [-0.2, 0) is 16.1 Å². The number of aromatic nitrogens is 1. The van der Waals surface area contributed by atoms with Gasteiger partial charge in [-0.3, -0.25) is 9.59 Å². The molecule has 0 aliphatic carbocycles. The van der Waals surface area contributed by atoms with Crippen molar-refractivity contribution in [2.45, 2.75) is 33.2 Å². The van der Waals surface area contributed by atoms with Gasteiger partial charge >= 0.3 is 5.97 Å². The van der Waals surface area contributed by atoms with Gasteiger partial charge in [-0.1, -0.05) is 48.6 Å². The summed E-state index contributed by atoms with van der Waals surface area (Å²) in [6.45, 7) is 9.90. The maximum Gasteiger partial charge on any atom is 0.310 e. The fraction of sp³-hybridized carbons (Fsp3) is 0.357. The zero-order chi connectivity index (χ0) is 24.1. The number of aryl methyl sites for hydroxylation is 1. The third-order valence-electron chi connectivity index (χ3n) is 6.27. The molecule has 178 valence electrons. The molecule has 3 aromatic rings. The molecule has 4 rings (SSSR count). The van der Waals surface area contributed by atoms with Crippen LogP contribution in [0.5, 0.6) is 5.75 Å². The summed E-state index contributed by atoms with van der Waals surface area (Å²) in [6, 6.07) is 16.1. The van der Waals surface area contributed by atoms with Crippen molar-refractivity contribution in [1.29, 1.82) is 0 Å². The number of hydrogen-bond donors (Lipinski definition) is 0. The molecule has 0 spiro atoms. The number of likely N-dealkylation sites (tertiary alicyclic amines) is 1. The first kappa shape index (κ1) is 23.6. The van der Waals surface area contributed by atoms with Crippen LogP contribution in [0, 0.1) is 12.8 Å². The van der Waals surface area contributed by atoms with E-state index >= 15 is 0 Å². The van der Waals surface area contributed by atoms with Gasteiger partial charge in [0.2, 0.25) is 0 Å². The topological polar surface area (TPSA) is 60.8 Å². The second kappa shape index (κ2) is 10.6. The molecule has 34 heavy (non-hydrogen) atoms. The second-order valence-corrected chi connectivity index (χ2v) is 8.73. The van der Waals surface area contributed by atoms with Gasteiger partial charge in [-0.05, 0) is 50.5 Å². The van der Waals surface area contributed by atoms with Crippen molar-refractivity contribution in [3.8, 4) is 5.75 Å². The molecular weight excluding hydrogens is 428 g/mol. The SMILES string of the molecule is C=CCOc1cccc2c1cc(C(=O)N1CCC[C@H](C(=O)OCC)C1)n2Cc1ccc(C)cc1. The molecule has 6 heteroatoms. The summed E-state index contributed by atoms with van der Waals surface area (Å²) >= 11 is 0. The lowest BCUT2D eigenvalue weighted by Crippen LogP contribution is -2.43. The second-order valence-electron chi connectivity index (χ2n) is 8.73. The Hall–Kier alpha value is -3.54. The van der Waals surface area contributed by atoms with Gasteiger partial charge in [0.15, 0.2) is 0 Å². The van der Waals surface area contributed by atoms with Crippen LogP contribution in [-0.4, -0.2) is 47.6 Å². The lowest BCUT2D eigenvalue weighted by Gasteiger charge is -2.31. The molecule has 1 atom stereocenters. The summed E-state index contributed by atoms with van der Waals surface area (Å²) in [5, 5.41) is 0.888. The highest BCUT2D eigenvalue weighted by atomic mass is 16.5. The van der Waals surface area contributed by atoms with E-state index in [0.29, 0.717) is 38.5 Å². The van der Waals surface area contributed by atoms with Gasteiger partial charge in [0.05, 0.1) is 18.0 Å². The normalized spacial score (nSPS) is 15.8. The summed E-state index contributed by atoms with van der Waals surface area (Å²) in [4.78, 5) is 27.9. The summed E-state index contributed by atoms with van der Waals surface area (Å²) in [6.07, 6.45) is 3.23. The summed E-state index contributed by atoms with van der Waals surface area (Å²) in [5.41, 5.74) is 3.83. The van der Waals surface area contributed by atoms with Crippen molar-refractivity contribution in [2.75, 3.05) is 26.3 Å². The Bertz CT molecular complexity index is 1180. The molecule has 2 aromatic carbocycles. The zero-order valence-electron chi connectivity index (χ0n) is 20.0. The van der Waals surface area contributed by atoms with Gasteiger partial charge in [-0.2, -0.15) is 0 Å². The van der Waals surface area contributed by atoms with Crippen LogP contribution in [0.1, 0.15) is 41.4 Å². The van der Waals surface area contributed by atoms with Gasteiger partial charge in [0, 0.05) is 25.0 Å². The van der Waals surface area contributed by atoms with E-state index in [2.05, 4.69) is 42.3 Å². The summed E-state index contributed by atoms with van der Waals surface area (Å²) in [5.74, 6) is 0.142. The number of esters is 1. The Balaban J connectivity index is 1.72. The Labute approximate surface area is 200 Å². The van der Waals surface area contributed by atoms with Crippen LogP contribution in [0.4, 0.5) is 0 Å². The molecule has 1 aromatic heterocycles. The van der Waals surface area contributed by atoms with Gasteiger partial charge in [0.1, 0.15) is 18.1 Å². The molecule has 1 aliphatic heterocycles. The molecule has 0 bridgehead atoms. The molecule has 0 unspecified atom stereocenters. The van der Waals surface area contributed by atoms with Crippen molar-refractivity contribution < 1.29 is 19.1 Å². The van der Waals surface area contributed by atoms with Crippen molar-refractivity contribution in [2.24, 2.45) is 5.92 Å². The first-order chi connectivity index (χ1) is 16.5. The minimum atomic E-state index is -0.279. The average Bonchev–Trinajstić information content (AvgIpc) is 3.22. The van der Waals surface area contributed by atoms with Gasteiger partial charge < -0.3 is 18.9 Å². The first-order valence-corrected chi connectivity index (χ1v) is 11.9. The van der Waals surface area contributed by atoms with Crippen LogP contribution >= 0.6 is 0 Å². The molecular formula is C28H32N2O4. The molecule has 2 heterocycles. The Morgan fingerprint density at radius 2 is 1.97 bits per heavy atom. The smallest absolute Gasteiger partial charge is 0.310 e. The lowest BCUT2D eigenvalue weighted by molar-refractivity contribution is -0.149. The largest absolute Gasteiger partial charge is 0.489 e. The molecule has 0 saturated carbocycles. The third-order valence-corrected chi connectivity index (χ3v) is 6.27. The quantitative estimate of drug-likeness (QED) is 0.351. The van der Waals surface area contributed by atoms with Crippen molar-refractivity contribution in [1.82, 2.24) is 9.47 Å². The molecule has 1 amide bonds. The van der Waals surface area contributed by atoms with Crippen LogP contribution < -0.4 is 4.74 Å². The van der Waals surface area contributed by atoms with Gasteiger partial charge in [-0.15, -0.1) is 0 Å². The van der Waals surface area contributed by atoms with E-state index in [4.69, 9.17) is 9.47 Å². The number of hydrogen-bond acceptors (Lipinski definition) is 4. The molecule has 6 nitrogen and oxygen atoms in total. The number of ether oxygens (including phenoxy) is 2. The minimum Gasteiger partial charge on any atom is -0.489 e. The van der Waals surface area contributed by atoms with Crippen molar-refractivity contribution >= 4 is 22.8 Å². The van der Waals surface area contributed by atoms with E-state index in [1.807, 2.05) is 24.3 Å². The molecule has 1 saturated heterocycles.